The second-order valence-electron chi connectivity index (χ2n) is 10.5. The second-order valence-corrected chi connectivity index (χ2v) is 10.5. The Morgan fingerprint density at radius 3 is 2.56 bits per heavy atom. The Labute approximate surface area is 189 Å². The van der Waals surface area contributed by atoms with Crippen molar-refractivity contribution in [1.29, 1.82) is 0 Å². The lowest BCUT2D eigenvalue weighted by atomic mass is 9.92. The molecule has 2 amide bonds. The highest BCUT2D eigenvalue weighted by atomic mass is 16.3. The van der Waals surface area contributed by atoms with Gasteiger partial charge in [0.05, 0.1) is 6.04 Å². The van der Waals surface area contributed by atoms with Crippen LogP contribution in [0.15, 0.2) is 36.4 Å². The summed E-state index contributed by atoms with van der Waals surface area (Å²) in [6, 6.07) is 11.3. The third kappa shape index (κ3) is 3.68. The molecule has 3 aliphatic carbocycles. The summed E-state index contributed by atoms with van der Waals surface area (Å²) in [4.78, 5) is 25.2. The van der Waals surface area contributed by atoms with Gasteiger partial charge in [-0.05, 0) is 84.2 Å². The van der Waals surface area contributed by atoms with E-state index in [1.165, 1.54) is 17.2 Å². The molecule has 3 N–H and O–H groups in total. The molecule has 2 aromatic carbocycles. The van der Waals surface area contributed by atoms with Gasteiger partial charge in [0, 0.05) is 18.0 Å². The number of aryl methyl sites for hydroxylation is 2. The van der Waals surface area contributed by atoms with Gasteiger partial charge in [-0.25, -0.2) is 0 Å². The van der Waals surface area contributed by atoms with E-state index in [-0.39, 0.29) is 29.5 Å². The molecule has 5 rings (SSSR count). The highest BCUT2D eigenvalue weighted by molar-refractivity contribution is 5.94. The molecule has 2 saturated carbocycles. The Bertz CT molecular complexity index is 1080. The Kier molecular flexibility index (Phi) is 5.03. The van der Waals surface area contributed by atoms with Crippen LogP contribution in [0.2, 0.25) is 0 Å². The molecule has 3 aliphatic rings. The van der Waals surface area contributed by atoms with Crippen molar-refractivity contribution in [3.63, 3.8) is 0 Å². The fraction of sp³-hybridized carbons (Fsp3) is 0.481. The Hall–Kier alpha value is -2.82. The summed E-state index contributed by atoms with van der Waals surface area (Å²) in [5, 5.41) is 16.1. The Balaban J connectivity index is 1.17. The number of rotatable bonds is 5. The molecule has 0 aliphatic heterocycles. The van der Waals surface area contributed by atoms with Gasteiger partial charge in [-0.2, -0.15) is 0 Å². The molecular weight excluding hydrogens is 400 g/mol. The van der Waals surface area contributed by atoms with E-state index in [1.54, 1.807) is 19.1 Å². The van der Waals surface area contributed by atoms with E-state index < -0.39 is 0 Å². The molecule has 2 fully saturated rings. The predicted octanol–water partition coefficient (Wildman–Crippen LogP) is 4.42. The first-order valence-electron chi connectivity index (χ1n) is 11.7. The number of aromatic hydroxyl groups is 1. The SMILES string of the molecule is Cc1ccc(C(=O)NCc2ccc3c(c2)CCC3NC(=O)C2C[C@@H]3[C@H](C2)C3(C)C)cc1O. The first kappa shape index (κ1) is 21.0. The lowest BCUT2D eigenvalue weighted by Crippen LogP contribution is -2.33. The third-order valence-corrected chi connectivity index (χ3v) is 8.26. The normalized spacial score (nSPS) is 26.8. The van der Waals surface area contributed by atoms with Crippen LogP contribution in [0.1, 0.15) is 71.8 Å². The average molecular weight is 433 g/mol. The number of carbonyl (C=O) groups excluding carboxylic acids is 2. The van der Waals surface area contributed by atoms with Crippen molar-refractivity contribution in [3.05, 3.63) is 64.2 Å². The lowest BCUT2D eigenvalue weighted by Gasteiger charge is -2.20. The Morgan fingerprint density at radius 2 is 1.84 bits per heavy atom. The molecular formula is C27H32N2O3. The van der Waals surface area contributed by atoms with E-state index in [2.05, 4.69) is 36.6 Å². The highest BCUT2D eigenvalue weighted by Crippen LogP contribution is 2.68. The summed E-state index contributed by atoms with van der Waals surface area (Å²) in [7, 11) is 0. The van der Waals surface area contributed by atoms with Crippen LogP contribution in [-0.4, -0.2) is 16.9 Å². The van der Waals surface area contributed by atoms with E-state index in [1.807, 2.05) is 6.07 Å². The zero-order valence-corrected chi connectivity index (χ0v) is 19.1. The van der Waals surface area contributed by atoms with Gasteiger partial charge in [-0.1, -0.05) is 38.1 Å². The molecule has 0 aromatic heterocycles. The monoisotopic (exact) mass is 432 g/mol. The van der Waals surface area contributed by atoms with Crippen molar-refractivity contribution < 1.29 is 14.7 Å². The van der Waals surface area contributed by atoms with Gasteiger partial charge < -0.3 is 15.7 Å². The first-order chi connectivity index (χ1) is 15.2. The minimum atomic E-state index is -0.205. The molecule has 2 unspecified atom stereocenters. The van der Waals surface area contributed by atoms with Gasteiger partial charge in [0.2, 0.25) is 5.91 Å². The fourth-order valence-corrected chi connectivity index (χ4v) is 5.97. The number of nitrogens with one attached hydrogen (secondary N) is 2. The number of carbonyl (C=O) groups is 2. The number of hydrogen-bond donors (Lipinski definition) is 3. The van der Waals surface area contributed by atoms with E-state index in [0.717, 1.165) is 48.6 Å². The molecule has 5 heteroatoms. The van der Waals surface area contributed by atoms with Crippen LogP contribution in [0.4, 0.5) is 0 Å². The van der Waals surface area contributed by atoms with Crippen molar-refractivity contribution in [3.8, 4) is 5.75 Å². The van der Waals surface area contributed by atoms with E-state index >= 15 is 0 Å². The van der Waals surface area contributed by atoms with Crippen molar-refractivity contribution in [2.24, 2.45) is 23.2 Å². The standard InChI is InChI=1S/C27H32N2O3/c1-15-4-6-18(13-24(15)30)25(31)28-14-16-5-8-20-17(10-16)7-9-23(20)29-26(32)19-11-21-22(12-19)27(21,2)3/h4-6,8,10,13,19,21-23,30H,7,9,11-12,14H2,1-3H3,(H,28,31)(H,29,32)/t19?,21-,22+,23?. The number of amides is 2. The summed E-state index contributed by atoms with van der Waals surface area (Å²) < 4.78 is 0. The molecule has 2 aromatic rings. The summed E-state index contributed by atoms with van der Waals surface area (Å²) in [6.07, 6.45) is 3.96. The van der Waals surface area contributed by atoms with Crippen molar-refractivity contribution >= 4 is 11.8 Å². The van der Waals surface area contributed by atoms with Gasteiger partial charge >= 0.3 is 0 Å². The molecule has 0 radical (unpaired) electrons. The van der Waals surface area contributed by atoms with Crippen LogP contribution in [-0.2, 0) is 17.8 Å². The molecule has 0 heterocycles. The fourth-order valence-electron chi connectivity index (χ4n) is 5.97. The Morgan fingerprint density at radius 1 is 1.09 bits per heavy atom. The van der Waals surface area contributed by atoms with Crippen LogP contribution < -0.4 is 10.6 Å². The molecule has 0 spiro atoms. The third-order valence-electron chi connectivity index (χ3n) is 8.26. The molecule has 32 heavy (non-hydrogen) atoms. The van der Waals surface area contributed by atoms with E-state index in [4.69, 9.17) is 0 Å². The summed E-state index contributed by atoms with van der Waals surface area (Å²) >= 11 is 0. The smallest absolute Gasteiger partial charge is 0.251 e. The average Bonchev–Trinajstić information content (AvgIpc) is 3.18. The van der Waals surface area contributed by atoms with Gasteiger partial charge in [0.25, 0.3) is 5.91 Å². The maximum atomic E-state index is 12.8. The summed E-state index contributed by atoms with van der Waals surface area (Å²) in [5.74, 6) is 1.79. The molecule has 5 nitrogen and oxygen atoms in total. The second kappa shape index (κ2) is 7.65. The zero-order chi connectivity index (χ0) is 22.6. The largest absolute Gasteiger partial charge is 0.508 e. The van der Waals surface area contributed by atoms with Crippen LogP contribution in [0.3, 0.4) is 0 Å². The van der Waals surface area contributed by atoms with Crippen molar-refractivity contribution in [1.82, 2.24) is 10.6 Å². The number of hydrogen-bond acceptors (Lipinski definition) is 3. The highest BCUT2D eigenvalue weighted by Gasteiger charge is 2.63. The van der Waals surface area contributed by atoms with Gasteiger partial charge in [-0.15, -0.1) is 0 Å². The minimum Gasteiger partial charge on any atom is -0.508 e. The predicted molar refractivity (Wildman–Crippen MR) is 123 cm³/mol. The summed E-state index contributed by atoms with van der Waals surface area (Å²) in [6.45, 7) is 6.88. The lowest BCUT2D eigenvalue weighted by molar-refractivity contribution is -0.126. The quantitative estimate of drug-likeness (QED) is 0.655. The molecule has 0 saturated heterocycles. The maximum Gasteiger partial charge on any atom is 0.251 e. The molecule has 168 valence electrons. The maximum absolute atomic E-state index is 12.8. The van der Waals surface area contributed by atoms with E-state index in [0.29, 0.717) is 17.5 Å². The van der Waals surface area contributed by atoms with Crippen molar-refractivity contribution in [2.45, 2.75) is 59.0 Å². The van der Waals surface area contributed by atoms with Crippen LogP contribution in [0.5, 0.6) is 5.75 Å². The molecule has 4 atom stereocenters. The minimum absolute atomic E-state index is 0.0987. The number of phenolic OH excluding ortho intramolecular Hbond substituents is 1. The van der Waals surface area contributed by atoms with Crippen molar-refractivity contribution in [2.75, 3.05) is 0 Å². The summed E-state index contributed by atoms with van der Waals surface area (Å²) in [5.41, 5.74) is 5.15. The van der Waals surface area contributed by atoms with Gasteiger partial charge in [-0.3, -0.25) is 9.59 Å². The number of fused-ring (bicyclic) bond motifs is 2. The topological polar surface area (TPSA) is 78.4 Å². The molecule has 0 bridgehead atoms. The van der Waals surface area contributed by atoms with Crippen LogP contribution >= 0.6 is 0 Å². The number of phenols is 1. The number of benzene rings is 2. The zero-order valence-electron chi connectivity index (χ0n) is 19.1. The van der Waals surface area contributed by atoms with Crippen LogP contribution in [0, 0.1) is 30.1 Å². The van der Waals surface area contributed by atoms with Gasteiger partial charge in [0.1, 0.15) is 5.75 Å². The van der Waals surface area contributed by atoms with E-state index in [9.17, 15) is 14.7 Å². The van der Waals surface area contributed by atoms with Crippen LogP contribution in [0.25, 0.3) is 0 Å². The first-order valence-corrected chi connectivity index (χ1v) is 11.7. The van der Waals surface area contributed by atoms with Gasteiger partial charge in [0.15, 0.2) is 0 Å².